The molecule has 0 saturated heterocycles. The fourth-order valence-electron chi connectivity index (χ4n) is 2.73. The van der Waals surface area contributed by atoms with Gasteiger partial charge in [0.2, 0.25) is 0 Å². The predicted molar refractivity (Wildman–Crippen MR) is 74.0 cm³/mol. The molecule has 98 valence electrons. The summed E-state index contributed by atoms with van der Waals surface area (Å²) in [5.41, 5.74) is 7.92. The van der Waals surface area contributed by atoms with Crippen molar-refractivity contribution in [2.24, 2.45) is 5.84 Å². The second-order valence-corrected chi connectivity index (χ2v) is 5.01. The molecule has 3 heteroatoms. The quantitative estimate of drug-likeness (QED) is 0.637. The van der Waals surface area contributed by atoms with E-state index < -0.39 is 0 Å². The molecule has 0 amide bonds. The van der Waals surface area contributed by atoms with Gasteiger partial charge in [0.15, 0.2) is 0 Å². The first-order chi connectivity index (χ1) is 8.63. The molecule has 1 aromatic rings. The van der Waals surface area contributed by atoms with Gasteiger partial charge in [-0.15, -0.1) is 0 Å². The van der Waals surface area contributed by atoms with E-state index in [0.29, 0.717) is 0 Å². The van der Waals surface area contributed by atoms with E-state index in [1.165, 1.54) is 22.3 Å². The van der Waals surface area contributed by atoms with Crippen molar-refractivity contribution < 1.29 is 4.74 Å². The molecule has 0 saturated carbocycles. The number of allylic oxidation sites excluding steroid dienone is 1. The van der Waals surface area contributed by atoms with Gasteiger partial charge in [-0.05, 0) is 56.4 Å². The van der Waals surface area contributed by atoms with Gasteiger partial charge in [0, 0.05) is 0 Å². The maximum Gasteiger partial charge on any atom is 0.115 e. The summed E-state index contributed by atoms with van der Waals surface area (Å²) in [5, 5.41) is 0. The van der Waals surface area contributed by atoms with Crippen molar-refractivity contribution in [3.63, 3.8) is 0 Å². The van der Waals surface area contributed by atoms with Crippen molar-refractivity contribution in [1.82, 2.24) is 5.43 Å². The Morgan fingerprint density at radius 3 is 2.39 bits per heavy atom. The lowest BCUT2D eigenvalue weighted by atomic mass is 9.92. The predicted octanol–water partition coefficient (Wildman–Crippen LogP) is 2.81. The minimum Gasteiger partial charge on any atom is -0.496 e. The standard InChI is InChI=1S/C15H22N2O/c1-10-8-11(2)14(12(3)9-10)15(17-16)13-6-4-5-7-18-13/h6,8-9,15,17H,4-5,7,16H2,1-3H3. The smallest absolute Gasteiger partial charge is 0.115 e. The van der Waals surface area contributed by atoms with Crippen LogP contribution in [0.5, 0.6) is 0 Å². The van der Waals surface area contributed by atoms with Crippen LogP contribution in [0.25, 0.3) is 0 Å². The number of aryl methyl sites for hydroxylation is 3. The Morgan fingerprint density at radius 1 is 1.22 bits per heavy atom. The third-order valence-electron chi connectivity index (χ3n) is 3.44. The maximum absolute atomic E-state index is 5.74. The van der Waals surface area contributed by atoms with Gasteiger partial charge in [0.1, 0.15) is 11.8 Å². The molecule has 2 rings (SSSR count). The zero-order chi connectivity index (χ0) is 13.1. The lowest BCUT2D eigenvalue weighted by molar-refractivity contribution is 0.167. The minimum absolute atomic E-state index is 0.0362. The van der Waals surface area contributed by atoms with Gasteiger partial charge in [-0.2, -0.15) is 0 Å². The van der Waals surface area contributed by atoms with Gasteiger partial charge in [0.05, 0.1) is 6.61 Å². The number of nitrogens with two attached hydrogens (primary N) is 1. The van der Waals surface area contributed by atoms with Crippen molar-refractivity contribution in [2.45, 2.75) is 39.7 Å². The number of hydrogen-bond donors (Lipinski definition) is 2. The Bertz CT molecular complexity index is 443. The molecule has 1 atom stereocenters. The normalized spacial score (nSPS) is 17.0. The van der Waals surface area contributed by atoms with Gasteiger partial charge in [-0.25, -0.2) is 5.43 Å². The van der Waals surface area contributed by atoms with E-state index in [1.807, 2.05) is 0 Å². The molecule has 0 radical (unpaired) electrons. The maximum atomic E-state index is 5.74. The van der Waals surface area contributed by atoms with Crippen LogP contribution in [0.3, 0.4) is 0 Å². The number of rotatable bonds is 3. The summed E-state index contributed by atoms with van der Waals surface area (Å²) < 4.78 is 5.74. The number of nitrogens with one attached hydrogen (secondary N) is 1. The molecular weight excluding hydrogens is 224 g/mol. The van der Waals surface area contributed by atoms with Gasteiger partial charge < -0.3 is 4.74 Å². The molecule has 0 fully saturated rings. The zero-order valence-electron chi connectivity index (χ0n) is 11.4. The van der Waals surface area contributed by atoms with E-state index in [-0.39, 0.29) is 6.04 Å². The van der Waals surface area contributed by atoms with Crippen LogP contribution < -0.4 is 11.3 Å². The van der Waals surface area contributed by atoms with E-state index in [2.05, 4.69) is 44.4 Å². The molecule has 0 aliphatic carbocycles. The van der Waals surface area contributed by atoms with Crippen LogP contribution in [0.4, 0.5) is 0 Å². The Kier molecular flexibility index (Phi) is 4.04. The summed E-state index contributed by atoms with van der Waals surface area (Å²) >= 11 is 0. The van der Waals surface area contributed by atoms with Crippen molar-refractivity contribution >= 4 is 0 Å². The molecular formula is C15H22N2O. The van der Waals surface area contributed by atoms with Gasteiger partial charge in [-0.1, -0.05) is 17.7 Å². The second kappa shape index (κ2) is 5.55. The number of benzene rings is 1. The SMILES string of the molecule is Cc1cc(C)c(C(NN)C2=CCCCO2)c(C)c1. The monoisotopic (exact) mass is 246 g/mol. The van der Waals surface area contributed by atoms with Crippen LogP contribution in [0.15, 0.2) is 24.0 Å². The molecule has 1 heterocycles. The van der Waals surface area contributed by atoms with E-state index in [1.54, 1.807) is 0 Å². The summed E-state index contributed by atoms with van der Waals surface area (Å²) in [5.74, 6) is 6.70. The summed E-state index contributed by atoms with van der Waals surface area (Å²) in [6.45, 7) is 7.16. The average Bonchev–Trinajstić information content (AvgIpc) is 2.34. The van der Waals surface area contributed by atoms with E-state index >= 15 is 0 Å². The first-order valence-corrected chi connectivity index (χ1v) is 6.50. The minimum atomic E-state index is -0.0362. The average molecular weight is 246 g/mol. The third kappa shape index (κ3) is 2.57. The molecule has 0 aromatic heterocycles. The van der Waals surface area contributed by atoms with Crippen molar-refractivity contribution in [3.8, 4) is 0 Å². The lowest BCUT2D eigenvalue weighted by Crippen LogP contribution is -2.32. The first-order valence-electron chi connectivity index (χ1n) is 6.50. The summed E-state index contributed by atoms with van der Waals surface area (Å²) in [7, 11) is 0. The lowest BCUT2D eigenvalue weighted by Gasteiger charge is -2.26. The van der Waals surface area contributed by atoms with E-state index in [0.717, 1.165) is 25.2 Å². The Morgan fingerprint density at radius 2 is 1.89 bits per heavy atom. The van der Waals surface area contributed by atoms with Crippen LogP contribution in [0, 0.1) is 20.8 Å². The van der Waals surface area contributed by atoms with Gasteiger partial charge >= 0.3 is 0 Å². The molecule has 1 aliphatic rings. The fraction of sp³-hybridized carbons (Fsp3) is 0.467. The number of hydrogen-bond acceptors (Lipinski definition) is 3. The number of ether oxygens (including phenoxy) is 1. The Labute approximate surface area is 109 Å². The zero-order valence-corrected chi connectivity index (χ0v) is 11.4. The highest BCUT2D eigenvalue weighted by Gasteiger charge is 2.22. The molecule has 3 N–H and O–H groups in total. The molecule has 0 spiro atoms. The molecule has 0 bridgehead atoms. The first kappa shape index (κ1) is 13.1. The highest BCUT2D eigenvalue weighted by atomic mass is 16.5. The molecule has 18 heavy (non-hydrogen) atoms. The van der Waals surface area contributed by atoms with E-state index in [9.17, 15) is 0 Å². The largest absolute Gasteiger partial charge is 0.496 e. The van der Waals surface area contributed by atoms with Crippen LogP contribution >= 0.6 is 0 Å². The van der Waals surface area contributed by atoms with Crippen LogP contribution in [-0.2, 0) is 4.74 Å². The highest BCUT2D eigenvalue weighted by Crippen LogP contribution is 2.30. The Hall–Kier alpha value is -1.32. The molecule has 1 aromatic carbocycles. The van der Waals surface area contributed by atoms with Crippen LogP contribution in [-0.4, -0.2) is 6.61 Å². The van der Waals surface area contributed by atoms with Crippen molar-refractivity contribution in [1.29, 1.82) is 0 Å². The molecule has 1 unspecified atom stereocenters. The summed E-state index contributed by atoms with van der Waals surface area (Å²) in [4.78, 5) is 0. The fourth-order valence-corrected chi connectivity index (χ4v) is 2.73. The third-order valence-corrected chi connectivity index (χ3v) is 3.44. The van der Waals surface area contributed by atoms with Crippen LogP contribution in [0.1, 0.15) is 41.1 Å². The number of hydrazine groups is 1. The molecule has 1 aliphatic heterocycles. The van der Waals surface area contributed by atoms with Crippen LogP contribution in [0.2, 0.25) is 0 Å². The van der Waals surface area contributed by atoms with Gasteiger partial charge in [0.25, 0.3) is 0 Å². The van der Waals surface area contributed by atoms with Gasteiger partial charge in [-0.3, -0.25) is 5.84 Å². The summed E-state index contributed by atoms with van der Waals surface area (Å²) in [6.07, 6.45) is 4.30. The van der Waals surface area contributed by atoms with Crippen molar-refractivity contribution in [3.05, 3.63) is 46.2 Å². The van der Waals surface area contributed by atoms with E-state index in [4.69, 9.17) is 10.6 Å². The second-order valence-electron chi connectivity index (χ2n) is 5.01. The topological polar surface area (TPSA) is 47.3 Å². The molecule has 3 nitrogen and oxygen atoms in total. The van der Waals surface area contributed by atoms with Crippen molar-refractivity contribution in [2.75, 3.05) is 6.61 Å². The Balaban J connectivity index is 2.41. The highest BCUT2D eigenvalue weighted by molar-refractivity contribution is 5.42. The summed E-state index contributed by atoms with van der Waals surface area (Å²) in [6, 6.07) is 4.34.